The van der Waals surface area contributed by atoms with Gasteiger partial charge in [-0.15, -0.1) is 0 Å². The average molecular weight is 507 g/mol. The number of pyridine rings is 1. The number of ether oxygens (including phenoxy) is 2. The van der Waals surface area contributed by atoms with Crippen LogP contribution in [-0.2, 0) is 9.53 Å². The van der Waals surface area contributed by atoms with Gasteiger partial charge < -0.3 is 9.47 Å². The Morgan fingerprint density at radius 3 is 2.56 bits per heavy atom. The van der Waals surface area contributed by atoms with Gasteiger partial charge in [-0.25, -0.2) is 14.8 Å². The second kappa shape index (κ2) is 9.50. The number of carbonyl (C=O) groups is 1. The van der Waals surface area contributed by atoms with Gasteiger partial charge in [0.1, 0.15) is 10.8 Å². The fourth-order valence-corrected chi connectivity index (χ4v) is 4.60. The van der Waals surface area contributed by atoms with Crippen molar-refractivity contribution in [2.75, 3.05) is 7.11 Å². The third-order valence-electron chi connectivity index (χ3n) is 5.06. The van der Waals surface area contributed by atoms with Crippen molar-refractivity contribution in [3.8, 4) is 5.75 Å². The molecule has 34 heavy (non-hydrogen) atoms. The maximum atomic E-state index is 12.6. The fourth-order valence-electron chi connectivity index (χ4n) is 3.39. The summed E-state index contributed by atoms with van der Waals surface area (Å²) in [6, 6.07) is 22.2. The zero-order valence-corrected chi connectivity index (χ0v) is 20.1. The molecule has 3 aromatic carbocycles. The molecule has 0 fully saturated rings. The van der Waals surface area contributed by atoms with E-state index in [2.05, 4.69) is 4.99 Å². The number of esters is 1. The summed E-state index contributed by atoms with van der Waals surface area (Å²) >= 11 is 13.8. The Morgan fingerprint density at radius 1 is 1.00 bits per heavy atom. The molecule has 5 rings (SSSR count). The van der Waals surface area contributed by atoms with Crippen molar-refractivity contribution in [2.24, 2.45) is 4.99 Å². The Bertz CT molecular complexity index is 1480. The molecule has 168 valence electrons. The number of aliphatic imine (C=N–C) groups is 1. The van der Waals surface area contributed by atoms with Crippen LogP contribution in [0.5, 0.6) is 5.75 Å². The van der Waals surface area contributed by atoms with E-state index in [0.29, 0.717) is 26.4 Å². The highest BCUT2D eigenvalue weighted by Gasteiger charge is 2.26. The molecule has 0 unspecified atom stereocenters. The minimum Gasteiger partial charge on any atom is -0.497 e. The first-order valence-corrected chi connectivity index (χ1v) is 11.8. The summed E-state index contributed by atoms with van der Waals surface area (Å²) in [6.45, 7) is 0. The number of aromatic nitrogens is 1. The molecule has 0 bridgehead atoms. The fraction of sp³-hybridized carbons (Fsp3) is 0.0385. The molecule has 0 radical (unpaired) electrons. The van der Waals surface area contributed by atoms with Gasteiger partial charge in [0.05, 0.1) is 23.2 Å². The number of fused-ring (bicyclic) bond motifs is 1. The molecule has 1 aromatic heterocycles. The van der Waals surface area contributed by atoms with Crippen LogP contribution in [0.2, 0.25) is 10.0 Å². The first kappa shape index (κ1) is 22.5. The molecule has 8 heteroatoms. The molecule has 2 heterocycles. The van der Waals surface area contributed by atoms with Crippen molar-refractivity contribution in [2.45, 2.75) is 9.92 Å². The molecular formula is C26H16Cl2N2O3S. The molecule has 0 N–H and O–H groups in total. The van der Waals surface area contributed by atoms with E-state index in [1.54, 1.807) is 37.5 Å². The lowest BCUT2D eigenvalue weighted by Crippen LogP contribution is -2.05. The van der Waals surface area contributed by atoms with Gasteiger partial charge in [-0.2, -0.15) is 0 Å². The van der Waals surface area contributed by atoms with Crippen molar-refractivity contribution >= 4 is 63.8 Å². The number of hydrogen-bond acceptors (Lipinski definition) is 6. The Kier molecular flexibility index (Phi) is 6.28. The summed E-state index contributed by atoms with van der Waals surface area (Å²) in [5.41, 5.74) is 2.24. The number of cyclic esters (lactones) is 1. The molecule has 0 amide bonds. The highest BCUT2D eigenvalue weighted by molar-refractivity contribution is 7.99. The van der Waals surface area contributed by atoms with Gasteiger partial charge in [-0.1, -0.05) is 47.1 Å². The van der Waals surface area contributed by atoms with Crippen molar-refractivity contribution in [3.63, 3.8) is 0 Å². The van der Waals surface area contributed by atoms with Crippen LogP contribution in [0.4, 0.5) is 0 Å². The Balaban J connectivity index is 1.61. The first-order chi connectivity index (χ1) is 16.5. The van der Waals surface area contributed by atoms with E-state index in [1.807, 2.05) is 48.5 Å². The van der Waals surface area contributed by atoms with E-state index in [-0.39, 0.29) is 11.6 Å². The summed E-state index contributed by atoms with van der Waals surface area (Å²) in [5, 5.41) is 2.68. The topological polar surface area (TPSA) is 60.8 Å². The lowest BCUT2D eigenvalue weighted by Gasteiger charge is -2.09. The highest BCUT2D eigenvalue weighted by atomic mass is 35.5. The summed E-state index contributed by atoms with van der Waals surface area (Å²) < 4.78 is 10.8. The van der Waals surface area contributed by atoms with Gasteiger partial charge in [-0.3, -0.25) is 0 Å². The molecule has 4 aromatic rings. The first-order valence-electron chi connectivity index (χ1n) is 10.2. The van der Waals surface area contributed by atoms with Crippen LogP contribution in [0.3, 0.4) is 0 Å². The molecule has 5 nitrogen and oxygen atoms in total. The van der Waals surface area contributed by atoms with Crippen LogP contribution in [0.25, 0.3) is 17.0 Å². The normalized spacial score (nSPS) is 14.4. The van der Waals surface area contributed by atoms with E-state index >= 15 is 0 Å². The van der Waals surface area contributed by atoms with E-state index in [1.165, 1.54) is 11.8 Å². The average Bonchev–Trinajstić information content (AvgIpc) is 3.20. The minimum atomic E-state index is -0.553. The molecule has 0 spiro atoms. The standard InChI is InChI=1S/C26H16Cl2N2O3S/c1-32-18-8-11-22-15(13-18)12-16(25(30-22)34-19-9-6-17(27)7-10-19)14-23-26(31)33-24(29-23)20-4-2-3-5-21(20)28/h2-14H,1H3/b23-14+. The number of hydrogen-bond donors (Lipinski definition) is 0. The predicted molar refractivity (Wildman–Crippen MR) is 136 cm³/mol. The second-order valence-corrected chi connectivity index (χ2v) is 9.22. The van der Waals surface area contributed by atoms with Crippen molar-refractivity contribution in [3.05, 3.63) is 99.7 Å². The van der Waals surface area contributed by atoms with E-state index < -0.39 is 5.97 Å². The number of carbonyl (C=O) groups excluding carboxylic acids is 1. The molecule has 1 aliphatic heterocycles. The second-order valence-electron chi connectivity index (χ2n) is 7.31. The summed E-state index contributed by atoms with van der Waals surface area (Å²) in [6.07, 6.45) is 1.68. The van der Waals surface area contributed by atoms with Gasteiger partial charge in [0, 0.05) is 20.9 Å². The molecule has 1 aliphatic rings. The van der Waals surface area contributed by atoms with Crippen LogP contribution in [0.1, 0.15) is 11.1 Å². The third kappa shape index (κ3) is 4.66. The smallest absolute Gasteiger partial charge is 0.363 e. The summed E-state index contributed by atoms with van der Waals surface area (Å²) in [7, 11) is 1.61. The summed E-state index contributed by atoms with van der Waals surface area (Å²) in [4.78, 5) is 22.8. The zero-order chi connectivity index (χ0) is 23.7. The van der Waals surface area contributed by atoms with Crippen LogP contribution in [0.15, 0.2) is 93.4 Å². The van der Waals surface area contributed by atoms with E-state index in [4.69, 9.17) is 37.7 Å². The van der Waals surface area contributed by atoms with Crippen molar-refractivity contribution in [1.82, 2.24) is 4.98 Å². The lowest BCUT2D eigenvalue weighted by atomic mass is 10.1. The van der Waals surface area contributed by atoms with Gasteiger partial charge in [0.15, 0.2) is 5.70 Å². The third-order valence-corrected chi connectivity index (χ3v) is 6.67. The van der Waals surface area contributed by atoms with Crippen LogP contribution >= 0.6 is 35.0 Å². The Hall–Kier alpha value is -3.32. The Morgan fingerprint density at radius 2 is 1.79 bits per heavy atom. The number of nitrogens with zero attached hydrogens (tertiary/aromatic N) is 2. The van der Waals surface area contributed by atoms with Crippen LogP contribution < -0.4 is 4.74 Å². The monoisotopic (exact) mass is 506 g/mol. The summed E-state index contributed by atoms with van der Waals surface area (Å²) in [5.74, 6) is 0.331. The number of methoxy groups -OCH3 is 1. The van der Waals surface area contributed by atoms with Crippen LogP contribution in [0, 0.1) is 0 Å². The molecule has 0 atom stereocenters. The molecular weight excluding hydrogens is 491 g/mol. The minimum absolute atomic E-state index is 0.164. The van der Waals surface area contributed by atoms with E-state index in [0.717, 1.165) is 21.4 Å². The number of rotatable bonds is 5. The predicted octanol–water partition coefficient (Wildman–Crippen LogP) is 7.05. The van der Waals surface area contributed by atoms with E-state index in [9.17, 15) is 4.79 Å². The maximum absolute atomic E-state index is 12.6. The maximum Gasteiger partial charge on any atom is 0.363 e. The molecule has 0 saturated carbocycles. The largest absolute Gasteiger partial charge is 0.497 e. The lowest BCUT2D eigenvalue weighted by molar-refractivity contribution is -0.129. The van der Waals surface area contributed by atoms with Crippen LogP contribution in [-0.4, -0.2) is 24.0 Å². The highest BCUT2D eigenvalue weighted by Crippen LogP contribution is 2.34. The number of benzene rings is 3. The van der Waals surface area contributed by atoms with Crippen molar-refractivity contribution in [1.29, 1.82) is 0 Å². The van der Waals surface area contributed by atoms with Crippen molar-refractivity contribution < 1.29 is 14.3 Å². The molecule has 0 saturated heterocycles. The molecule has 0 aliphatic carbocycles. The quantitative estimate of drug-likeness (QED) is 0.214. The SMILES string of the molecule is COc1ccc2nc(Sc3ccc(Cl)cc3)c(/C=C3/N=C(c4ccccc4Cl)OC3=O)cc2c1. The van der Waals surface area contributed by atoms with Gasteiger partial charge >= 0.3 is 5.97 Å². The Labute approximate surface area is 210 Å². The zero-order valence-electron chi connectivity index (χ0n) is 17.8. The van der Waals surface area contributed by atoms with Gasteiger partial charge in [-0.05, 0) is 66.7 Å². The van der Waals surface area contributed by atoms with Gasteiger partial charge in [0.25, 0.3) is 0 Å². The van der Waals surface area contributed by atoms with Gasteiger partial charge in [0.2, 0.25) is 5.90 Å². The number of halogens is 2.